The van der Waals surface area contributed by atoms with Crippen LogP contribution in [0.3, 0.4) is 0 Å². The Morgan fingerprint density at radius 2 is 1.33 bits per heavy atom. The second-order valence-corrected chi connectivity index (χ2v) is 6.84. The first kappa shape index (κ1) is 15.2. The minimum absolute atomic E-state index is 0.229. The van der Waals surface area contributed by atoms with E-state index in [4.69, 9.17) is 14.8 Å². The predicted molar refractivity (Wildman–Crippen MR) is 82.7 cm³/mol. The topological polar surface area (TPSA) is 67.2 Å². The zero-order chi connectivity index (χ0) is 14.5. The van der Waals surface area contributed by atoms with Crippen LogP contribution in [0, 0.1) is 11.8 Å². The summed E-state index contributed by atoms with van der Waals surface area (Å²) in [5.74, 6) is 1.28. The van der Waals surface area contributed by atoms with Crippen LogP contribution in [0.15, 0.2) is 5.11 Å². The zero-order valence-corrected chi connectivity index (χ0v) is 12.8. The Hall–Kier alpha value is -0.705. The first-order valence-corrected chi connectivity index (χ1v) is 8.70. The van der Waals surface area contributed by atoms with E-state index in [2.05, 4.69) is 10.0 Å². The van der Waals surface area contributed by atoms with Crippen molar-refractivity contribution in [1.29, 1.82) is 0 Å². The molecule has 3 fully saturated rings. The van der Waals surface area contributed by atoms with Gasteiger partial charge in [0.1, 0.15) is 0 Å². The van der Waals surface area contributed by atoms with Crippen LogP contribution in [0.5, 0.6) is 0 Å². The highest BCUT2D eigenvalue weighted by molar-refractivity contribution is 6.45. The molecular weight excluding hydrogens is 265 g/mol. The summed E-state index contributed by atoms with van der Waals surface area (Å²) in [6, 6.07) is 0. The van der Waals surface area contributed by atoms with E-state index in [9.17, 15) is 0 Å². The summed E-state index contributed by atoms with van der Waals surface area (Å²) in [4.78, 5) is 2.84. The Morgan fingerprint density at radius 3 is 1.76 bits per heavy atom. The first-order valence-electron chi connectivity index (χ1n) is 8.70. The van der Waals surface area contributed by atoms with Gasteiger partial charge in [-0.3, -0.25) is 0 Å². The van der Waals surface area contributed by atoms with Crippen LogP contribution in [0.1, 0.15) is 64.2 Å². The van der Waals surface area contributed by atoms with E-state index in [1.54, 1.807) is 0 Å². The molecule has 0 bridgehead atoms. The predicted octanol–water partition coefficient (Wildman–Crippen LogP) is 4.27. The van der Waals surface area contributed by atoms with Crippen LogP contribution in [0.25, 0.3) is 10.4 Å². The highest BCUT2D eigenvalue weighted by Gasteiger charge is 2.46. The van der Waals surface area contributed by atoms with Gasteiger partial charge in [0.15, 0.2) is 0 Å². The van der Waals surface area contributed by atoms with Crippen LogP contribution in [-0.4, -0.2) is 25.8 Å². The van der Waals surface area contributed by atoms with Gasteiger partial charge in [0.05, 0.1) is 18.7 Å². The second kappa shape index (κ2) is 7.53. The van der Waals surface area contributed by atoms with Gasteiger partial charge in [0.2, 0.25) is 0 Å². The maximum Gasteiger partial charge on any atom is 0.463 e. The number of hydrogen-bond acceptors (Lipinski definition) is 3. The third kappa shape index (κ3) is 3.74. The maximum atomic E-state index is 8.50. The Labute approximate surface area is 127 Å². The third-order valence-corrected chi connectivity index (χ3v) is 5.46. The second-order valence-electron chi connectivity index (χ2n) is 6.84. The molecule has 0 radical (unpaired) electrons. The fraction of sp³-hybridized carbons (Fsp3) is 1.00. The highest BCUT2D eigenvalue weighted by Crippen LogP contribution is 2.40. The van der Waals surface area contributed by atoms with Crippen LogP contribution < -0.4 is 0 Å². The lowest BCUT2D eigenvalue weighted by Gasteiger charge is -2.35. The van der Waals surface area contributed by atoms with E-state index < -0.39 is 0 Å². The molecule has 0 unspecified atom stereocenters. The van der Waals surface area contributed by atoms with Gasteiger partial charge in [0.25, 0.3) is 0 Å². The normalized spacial score (nSPS) is 32.1. The Morgan fingerprint density at radius 1 is 0.857 bits per heavy atom. The molecule has 116 valence electrons. The summed E-state index contributed by atoms with van der Waals surface area (Å²) < 4.78 is 12.4. The van der Waals surface area contributed by atoms with E-state index in [1.165, 1.54) is 64.2 Å². The molecule has 1 saturated heterocycles. The maximum absolute atomic E-state index is 8.50. The lowest BCUT2D eigenvalue weighted by molar-refractivity contribution is 0.0324. The molecule has 0 aromatic heterocycles. The molecule has 5 nitrogen and oxygen atoms in total. The van der Waals surface area contributed by atoms with E-state index in [-0.39, 0.29) is 19.3 Å². The standard InChI is InChI=1S/C15H26BN3O2/c17-19-18-11-16-20-14(12-7-3-1-4-8-12)15(21-16)13-9-5-2-6-10-13/h12-15H,1-11H2/t14-,15-/m1/s1. The molecule has 1 aliphatic heterocycles. The number of nitrogens with zero attached hydrogens (tertiary/aromatic N) is 3. The molecule has 2 saturated carbocycles. The first-order chi connectivity index (χ1) is 10.4. The molecule has 6 heteroatoms. The van der Waals surface area contributed by atoms with Gasteiger partial charge < -0.3 is 9.31 Å². The summed E-state index contributed by atoms with van der Waals surface area (Å²) in [6.45, 7) is 0. The van der Waals surface area contributed by atoms with Crippen molar-refractivity contribution in [1.82, 2.24) is 0 Å². The summed E-state index contributed by atoms with van der Waals surface area (Å²) in [5.41, 5.74) is 8.50. The van der Waals surface area contributed by atoms with Gasteiger partial charge in [-0.05, 0) is 43.1 Å². The lowest BCUT2D eigenvalue weighted by atomic mass is 9.77. The van der Waals surface area contributed by atoms with Crippen molar-refractivity contribution in [3.63, 3.8) is 0 Å². The zero-order valence-electron chi connectivity index (χ0n) is 12.8. The van der Waals surface area contributed by atoms with Gasteiger partial charge >= 0.3 is 7.12 Å². The van der Waals surface area contributed by atoms with Crippen molar-refractivity contribution in [3.8, 4) is 0 Å². The molecule has 0 amide bonds. The Kier molecular flexibility index (Phi) is 5.45. The SMILES string of the molecule is [N-]=[N+]=NCB1O[C@H](C2CCCCC2)[C@@H](C2CCCCC2)O1. The Balaban J connectivity index is 1.67. The largest absolute Gasteiger partial charge is 0.463 e. The monoisotopic (exact) mass is 291 g/mol. The summed E-state index contributed by atoms with van der Waals surface area (Å²) in [7, 11) is -0.320. The van der Waals surface area contributed by atoms with Gasteiger partial charge in [-0.25, -0.2) is 0 Å². The molecule has 0 N–H and O–H groups in total. The lowest BCUT2D eigenvalue weighted by Crippen LogP contribution is -2.38. The van der Waals surface area contributed by atoms with Gasteiger partial charge in [0, 0.05) is 4.91 Å². The van der Waals surface area contributed by atoms with Gasteiger partial charge in [-0.2, -0.15) is 0 Å². The molecule has 0 aromatic rings. The molecule has 2 atom stereocenters. The van der Waals surface area contributed by atoms with E-state index in [0.29, 0.717) is 18.3 Å². The van der Waals surface area contributed by atoms with Crippen molar-refractivity contribution in [2.75, 3.05) is 6.44 Å². The van der Waals surface area contributed by atoms with Crippen molar-refractivity contribution in [3.05, 3.63) is 10.4 Å². The minimum atomic E-state index is -0.320. The quantitative estimate of drug-likeness (QED) is 0.336. The molecule has 3 rings (SSSR count). The number of hydrogen-bond donors (Lipinski definition) is 0. The fourth-order valence-electron chi connectivity index (χ4n) is 4.41. The summed E-state index contributed by atoms with van der Waals surface area (Å²) in [5, 5.41) is 3.64. The summed E-state index contributed by atoms with van der Waals surface area (Å²) in [6.07, 6.45) is 13.9. The Bertz CT molecular complexity index is 351. The molecule has 1 heterocycles. The van der Waals surface area contributed by atoms with E-state index in [1.807, 2.05) is 0 Å². The highest BCUT2D eigenvalue weighted by atomic mass is 16.7. The average molecular weight is 291 g/mol. The van der Waals surface area contributed by atoms with Crippen molar-refractivity contribution in [2.24, 2.45) is 17.0 Å². The third-order valence-electron chi connectivity index (χ3n) is 5.46. The van der Waals surface area contributed by atoms with Crippen molar-refractivity contribution in [2.45, 2.75) is 76.4 Å². The fourth-order valence-corrected chi connectivity index (χ4v) is 4.41. The van der Waals surface area contributed by atoms with E-state index in [0.717, 1.165) is 0 Å². The molecular formula is C15H26BN3O2. The van der Waals surface area contributed by atoms with Crippen molar-refractivity contribution < 1.29 is 9.31 Å². The molecule has 0 spiro atoms. The van der Waals surface area contributed by atoms with Crippen LogP contribution >= 0.6 is 0 Å². The molecule has 3 aliphatic rings. The molecule has 0 aromatic carbocycles. The molecule has 21 heavy (non-hydrogen) atoms. The van der Waals surface area contributed by atoms with Crippen LogP contribution in [-0.2, 0) is 9.31 Å². The molecule has 2 aliphatic carbocycles. The van der Waals surface area contributed by atoms with E-state index >= 15 is 0 Å². The summed E-state index contributed by atoms with van der Waals surface area (Å²) >= 11 is 0. The average Bonchev–Trinajstić information content (AvgIpc) is 2.99. The minimum Gasteiger partial charge on any atom is -0.405 e. The van der Waals surface area contributed by atoms with Gasteiger partial charge in [-0.15, -0.1) is 0 Å². The number of azide groups is 1. The smallest absolute Gasteiger partial charge is 0.405 e. The van der Waals surface area contributed by atoms with Crippen molar-refractivity contribution >= 4 is 7.12 Å². The van der Waals surface area contributed by atoms with Gasteiger partial charge in [-0.1, -0.05) is 43.6 Å². The van der Waals surface area contributed by atoms with Crippen LogP contribution in [0.2, 0.25) is 0 Å². The number of rotatable bonds is 4. The van der Waals surface area contributed by atoms with Crippen LogP contribution in [0.4, 0.5) is 0 Å².